The summed E-state index contributed by atoms with van der Waals surface area (Å²) in [5, 5.41) is 8.87. The zero-order chi connectivity index (χ0) is 15.0. The van der Waals surface area contributed by atoms with Gasteiger partial charge in [0.15, 0.2) is 5.16 Å². The maximum atomic E-state index is 12.6. The van der Waals surface area contributed by atoms with Gasteiger partial charge in [0.25, 0.3) is 0 Å². The van der Waals surface area contributed by atoms with Crippen molar-refractivity contribution in [2.24, 2.45) is 7.05 Å². The fourth-order valence-corrected chi connectivity index (χ4v) is 3.47. The molecular weight excluding hydrogens is 284 g/mol. The summed E-state index contributed by atoms with van der Waals surface area (Å²) < 4.78 is 1.90. The van der Waals surface area contributed by atoms with E-state index in [4.69, 9.17) is 0 Å². The Morgan fingerprint density at radius 2 is 2.14 bits per heavy atom. The molecule has 0 fully saturated rings. The number of benzene rings is 1. The van der Waals surface area contributed by atoms with Crippen LogP contribution in [0.25, 0.3) is 0 Å². The quantitative estimate of drug-likeness (QED) is 0.816. The highest BCUT2D eigenvalue weighted by Crippen LogP contribution is 2.32. The van der Waals surface area contributed by atoms with Gasteiger partial charge in [-0.15, -0.1) is 10.2 Å². The minimum atomic E-state index is 0.123. The molecule has 0 spiro atoms. The fraction of sp³-hybridized carbons (Fsp3) is 0.400. The molecule has 3 rings (SSSR count). The molecule has 0 aliphatic carbocycles. The molecular formula is C15H18N4OS. The molecule has 0 unspecified atom stereocenters. The monoisotopic (exact) mass is 302 g/mol. The predicted molar refractivity (Wildman–Crippen MR) is 83.6 cm³/mol. The lowest BCUT2D eigenvalue weighted by atomic mass is 10.1. The normalized spacial score (nSPS) is 17.1. The molecule has 1 aliphatic heterocycles. The van der Waals surface area contributed by atoms with E-state index in [1.165, 1.54) is 17.3 Å². The standard InChI is InChI=1S/C15H18N4OS/c1-10-8-12-6-4-5-7-13(12)19(10)14(20)9-21-15-17-16-11(2)18(15)3/h4-7,10H,8-9H2,1-3H3/t10-/m1/s1. The number of rotatable bonds is 3. The first-order valence-electron chi connectivity index (χ1n) is 6.96. The third-order valence-electron chi connectivity index (χ3n) is 3.85. The number of anilines is 1. The molecule has 0 radical (unpaired) electrons. The Bertz CT molecular complexity index is 682. The number of nitrogens with zero attached hydrogens (tertiary/aromatic N) is 4. The second kappa shape index (κ2) is 5.52. The smallest absolute Gasteiger partial charge is 0.237 e. The van der Waals surface area contributed by atoms with Gasteiger partial charge in [0.05, 0.1) is 5.75 Å². The van der Waals surface area contributed by atoms with Crippen molar-refractivity contribution in [1.82, 2.24) is 14.8 Å². The Morgan fingerprint density at radius 1 is 1.38 bits per heavy atom. The molecule has 110 valence electrons. The largest absolute Gasteiger partial charge is 0.309 e. The number of carbonyl (C=O) groups excluding carboxylic acids is 1. The van der Waals surface area contributed by atoms with Crippen molar-refractivity contribution >= 4 is 23.4 Å². The van der Waals surface area contributed by atoms with E-state index in [0.29, 0.717) is 5.75 Å². The van der Waals surface area contributed by atoms with Crippen molar-refractivity contribution < 1.29 is 4.79 Å². The van der Waals surface area contributed by atoms with E-state index in [0.717, 1.165) is 23.1 Å². The number of amides is 1. The molecule has 0 saturated heterocycles. The second-order valence-electron chi connectivity index (χ2n) is 5.32. The molecule has 21 heavy (non-hydrogen) atoms. The minimum Gasteiger partial charge on any atom is -0.309 e. The predicted octanol–water partition coefficient (Wildman–Crippen LogP) is 2.19. The van der Waals surface area contributed by atoms with Crippen LogP contribution in [0.1, 0.15) is 18.3 Å². The second-order valence-corrected chi connectivity index (χ2v) is 6.27. The Balaban J connectivity index is 1.73. The van der Waals surface area contributed by atoms with Gasteiger partial charge in [0, 0.05) is 18.8 Å². The average molecular weight is 302 g/mol. The summed E-state index contributed by atoms with van der Waals surface area (Å²) in [5.74, 6) is 1.35. The zero-order valence-corrected chi connectivity index (χ0v) is 13.2. The van der Waals surface area contributed by atoms with Crippen molar-refractivity contribution in [2.75, 3.05) is 10.7 Å². The summed E-state index contributed by atoms with van der Waals surface area (Å²) in [4.78, 5) is 14.5. The number of para-hydroxylation sites is 1. The molecule has 2 heterocycles. The van der Waals surface area contributed by atoms with Gasteiger partial charge in [-0.25, -0.2) is 0 Å². The lowest BCUT2D eigenvalue weighted by Crippen LogP contribution is -2.37. The van der Waals surface area contributed by atoms with Crippen LogP contribution in [0.15, 0.2) is 29.4 Å². The summed E-state index contributed by atoms with van der Waals surface area (Å²) in [5.41, 5.74) is 2.29. The van der Waals surface area contributed by atoms with E-state index in [2.05, 4.69) is 23.2 Å². The van der Waals surface area contributed by atoms with Crippen LogP contribution in [-0.4, -0.2) is 32.5 Å². The summed E-state index contributed by atoms with van der Waals surface area (Å²) in [7, 11) is 1.91. The average Bonchev–Trinajstić information content (AvgIpc) is 2.97. The molecule has 0 N–H and O–H groups in total. The topological polar surface area (TPSA) is 51.0 Å². The Labute approximate surface area is 128 Å². The van der Waals surface area contributed by atoms with E-state index in [1.54, 1.807) is 0 Å². The van der Waals surface area contributed by atoms with Crippen molar-refractivity contribution in [2.45, 2.75) is 31.5 Å². The van der Waals surface area contributed by atoms with Crippen molar-refractivity contribution in [3.05, 3.63) is 35.7 Å². The number of aromatic nitrogens is 3. The molecule has 6 heteroatoms. The highest BCUT2D eigenvalue weighted by atomic mass is 32.2. The van der Waals surface area contributed by atoms with Crippen molar-refractivity contribution in [3.63, 3.8) is 0 Å². The highest BCUT2D eigenvalue weighted by Gasteiger charge is 2.30. The lowest BCUT2D eigenvalue weighted by molar-refractivity contribution is -0.116. The molecule has 2 aromatic rings. The number of thioether (sulfide) groups is 1. The van der Waals surface area contributed by atoms with Gasteiger partial charge in [-0.3, -0.25) is 4.79 Å². The fourth-order valence-electron chi connectivity index (χ4n) is 2.65. The molecule has 1 aliphatic rings. The van der Waals surface area contributed by atoms with E-state index >= 15 is 0 Å². The van der Waals surface area contributed by atoms with E-state index < -0.39 is 0 Å². The summed E-state index contributed by atoms with van der Waals surface area (Å²) in [6.45, 7) is 3.99. The van der Waals surface area contributed by atoms with Crippen LogP contribution < -0.4 is 4.90 Å². The number of carbonyl (C=O) groups is 1. The molecule has 1 aromatic heterocycles. The van der Waals surface area contributed by atoms with E-state index in [-0.39, 0.29) is 11.9 Å². The van der Waals surface area contributed by atoms with Crippen LogP contribution >= 0.6 is 11.8 Å². The number of aryl methyl sites for hydroxylation is 1. The third-order valence-corrected chi connectivity index (χ3v) is 4.86. The first-order chi connectivity index (χ1) is 10.1. The SMILES string of the molecule is Cc1nnc(SCC(=O)N2c3ccccc3C[C@H]2C)n1C. The molecule has 0 saturated carbocycles. The van der Waals surface area contributed by atoms with Crippen molar-refractivity contribution in [1.29, 1.82) is 0 Å². The number of fused-ring (bicyclic) bond motifs is 1. The first kappa shape index (κ1) is 14.1. The first-order valence-corrected chi connectivity index (χ1v) is 7.95. The van der Waals surface area contributed by atoms with Gasteiger partial charge in [-0.2, -0.15) is 0 Å². The summed E-state index contributed by atoms with van der Waals surface area (Å²) in [6.07, 6.45) is 0.926. The Morgan fingerprint density at radius 3 is 2.86 bits per heavy atom. The summed E-state index contributed by atoms with van der Waals surface area (Å²) >= 11 is 1.44. The highest BCUT2D eigenvalue weighted by molar-refractivity contribution is 7.99. The molecule has 5 nitrogen and oxygen atoms in total. The Hall–Kier alpha value is -1.82. The van der Waals surface area contributed by atoms with Crippen LogP contribution in [0.2, 0.25) is 0 Å². The maximum absolute atomic E-state index is 12.6. The Kier molecular flexibility index (Phi) is 3.71. The van der Waals surface area contributed by atoms with Crippen LogP contribution in [-0.2, 0) is 18.3 Å². The maximum Gasteiger partial charge on any atom is 0.237 e. The van der Waals surface area contributed by atoms with Crippen molar-refractivity contribution in [3.8, 4) is 0 Å². The van der Waals surface area contributed by atoms with Crippen LogP contribution in [0.4, 0.5) is 5.69 Å². The molecule has 1 aromatic carbocycles. The van der Waals surface area contributed by atoms with Crippen LogP contribution in [0.5, 0.6) is 0 Å². The van der Waals surface area contributed by atoms with Crippen LogP contribution in [0.3, 0.4) is 0 Å². The molecule has 1 amide bonds. The van der Waals surface area contributed by atoms with E-state index in [1.807, 2.05) is 41.6 Å². The molecule has 0 bridgehead atoms. The van der Waals surface area contributed by atoms with Gasteiger partial charge >= 0.3 is 0 Å². The van der Waals surface area contributed by atoms with Gasteiger partial charge < -0.3 is 9.47 Å². The third kappa shape index (κ3) is 2.55. The van der Waals surface area contributed by atoms with Gasteiger partial charge in [0.2, 0.25) is 5.91 Å². The number of hydrogen-bond donors (Lipinski definition) is 0. The molecule has 1 atom stereocenters. The zero-order valence-electron chi connectivity index (χ0n) is 12.4. The number of hydrogen-bond acceptors (Lipinski definition) is 4. The van der Waals surface area contributed by atoms with E-state index in [9.17, 15) is 4.79 Å². The van der Waals surface area contributed by atoms with Gasteiger partial charge in [-0.05, 0) is 31.9 Å². The summed E-state index contributed by atoms with van der Waals surface area (Å²) in [6, 6.07) is 8.34. The van der Waals surface area contributed by atoms with Crippen LogP contribution in [0, 0.1) is 6.92 Å². The lowest BCUT2D eigenvalue weighted by Gasteiger charge is -2.22. The van der Waals surface area contributed by atoms with Gasteiger partial charge in [-0.1, -0.05) is 30.0 Å². The minimum absolute atomic E-state index is 0.123. The van der Waals surface area contributed by atoms with Gasteiger partial charge in [0.1, 0.15) is 5.82 Å².